The summed E-state index contributed by atoms with van der Waals surface area (Å²) in [6.07, 6.45) is 7.20. The average molecular weight is 221 g/mol. The summed E-state index contributed by atoms with van der Waals surface area (Å²) in [7, 11) is -1.16. The number of nitrogens with one attached hydrogen (secondary N) is 1. The lowest BCUT2D eigenvalue weighted by molar-refractivity contribution is 0.351. The molecule has 0 aromatic heterocycles. The van der Waals surface area contributed by atoms with Gasteiger partial charge in [0, 0.05) is 6.04 Å². The Balaban J connectivity index is 1.82. The zero-order valence-electron chi connectivity index (χ0n) is 10.3. The zero-order chi connectivity index (χ0) is 10.9. The van der Waals surface area contributed by atoms with Crippen molar-refractivity contribution in [3.8, 4) is 11.5 Å². The van der Waals surface area contributed by atoms with E-state index in [1.165, 1.54) is 32.1 Å². The summed E-state index contributed by atoms with van der Waals surface area (Å²) in [6.45, 7) is 6.95. The Hall–Kier alpha value is -0.263. The van der Waals surface area contributed by atoms with Crippen LogP contribution in [-0.2, 0) is 0 Å². The van der Waals surface area contributed by atoms with Crippen molar-refractivity contribution in [1.82, 2.24) is 5.32 Å². The molecular formula is C13H23NSi. The van der Waals surface area contributed by atoms with Crippen LogP contribution in [0.1, 0.15) is 32.1 Å². The molecule has 0 spiro atoms. The molecule has 2 fully saturated rings. The summed E-state index contributed by atoms with van der Waals surface area (Å²) in [5.74, 6) is 4.37. The maximum Gasteiger partial charge on any atom is 0.129 e. The Kier molecular flexibility index (Phi) is 3.23. The maximum atomic E-state index is 3.56. The van der Waals surface area contributed by atoms with Crippen LogP contribution in [0.5, 0.6) is 0 Å². The van der Waals surface area contributed by atoms with E-state index in [9.17, 15) is 0 Å². The second-order valence-corrected chi connectivity index (χ2v) is 10.8. The lowest BCUT2D eigenvalue weighted by Gasteiger charge is -2.20. The van der Waals surface area contributed by atoms with Crippen molar-refractivity contribution in [2.24, 2.45) is 5.92 Å². The predicted octanol–water partition coefficient (Wildman–Crippen LogP) is 2.79. The van der Waals surface area contributed by atoms with Gasteiger partial charge in [0.15, 0.2) is 0 Å². The molecule has 2 rings (SSSR count). The van der Waals surface area contributed by atoms with Crippen molar-refractivity contribution < 1.29 is 0 Å². The van der Waals surface area contributed by atoms with Gasteiger partial charge in [-0.2, -0.15) is 0 Å². The van der Waals surface area contributed by atoms with Gasteiger partial charge in [-0.15, -0.1) is 5.54 Å². The molecule has 1 saturated heterocycles. The first-order chi connectivity index (χ1) is 7.06. The fourth-order valence-electron chi connectivity index (χ4n) is 2.48. The Morgan fingerprint density at radius 2 is 1.73 bits per heavy atom. The third kappa shape index (κ3) is 3.36. The predicted molar refractivity (Wildman–Crippen MR) is 68.4 cm³/mol. The van der Waals surface area contributed by atoms with Crippen LogP contribution in [0.25, 0.3) is 0 Å². The van der Waals surface area contributed by atoms with Crippen molar-refractivity contribution in [1.29, 1.82) is 0 Å². The highest BCUT2D eigenvalue weighted by molar-refractivity contribution is 6.83. The number of rotatable bonds is 1. The fraction of sp³-hybridized carbons (Fsp3) is 0.846. The van der Waals surface area contributed by atoms with E-state index in [4.69, 9.17) is 0 Å². The van der Waals surface area contributed by atoms with Crippen molar-refractivity contribution in [2.45, 2.75) is 63.8 Å². The molecule has 2 atom stereocenters. The maximum absolute atomic E-state index is 3.56. The first-order valence-corrected chi connectivity index (χ1v) is 9.85. The fourth-order valence-corrected chi connectivity index (χ4v) is 3.07. The zero-order valence-corrected chi connectivity index (χ0v) is 11.3. The molecular weight excluding hydrogens is 198 g/mol. The van der Waals surface area contributed by atoms with Crippen LogP contribution >= 0.6 is 0 Å². The monoisotopic (exact) mass is 221 g/mol. The van der Waals surface area contributed by atoms with Crippen molar-refractivity contribution in [2.75, 3.05) is 0 Å². The minimum Gasteiger partial charge on any atom is -0.297 e. The van der Waals surface area contributed by atoms with Crippen LogP contribution in [0, 0.1) is 17.4 Å². The summed E-state index contributed by atoms with van der Waals surface area (Å²) < 4.78 is 0. The molecule has 1 saturated carbocycles. The van der Waals surface area contributed by atoms with Crippen LogP contribution in [-0.4, -0.2) is 20.2 Å². The molecule has 1 aliphatic heterocycles. The van der Waals surface area contributed by atoms with Gasteiger partial charge in [0.2, 0.25) is 0 Å². The molecule has 1 heterocycles. The second-order valence-electron chi connectivity index (χ2n) is 6.09. The number of hydrogen-bond donors (Lipinski definition) is 1. The Morgan fingerprint density at radius 1 is 1.07 bits per heavy atom. The van der Waals surface area contributed by atoms with E-state index in [-0.39, 0.29) is 0 Å². The average Bonchev–Trinajstić information content (AvgIpc) is 2.94. The standard InChI is InChI=1S/C13H23NSi/c1-15(2,3)10-9-12-13(14-12)11-7-5-4-6-8-11/h11-14H,4-8H2,1-3H3/t12-,13-/m1/s1. The van der Waals surface area contributed by atoms with Gasteiger partial charge in [-0.05, 0) is 18.8 Å². The Morgan fingerprint density at radius 3 is 2.33 bits per heavy atom. The van der Waals surface area contributed by atoms with E-state index in [1.807, 2.05) is 0 Å². The molecule has 1 N–H and O–H groups in total. The third-order valence-corrected chi connectivity index (χ3v) is 4.28. The van der Waals surface area contributed by atoms with Gasteiger partial charge in [-0.1, -0.05) is 44.8 Å². The van der Waals surface area contributed by atoms with E-state index < -0.39 is 8.07 Å². The van der Waals surface area contributed by atoms with E-state index in [0.717, 1.165) is 12.0 Å². The minimum absolute atomic E-state index is 0.542. The molecule has 0 aromatic rings. The Labute approximate surface area is 95.0 Å². The molecule has 2 heteroatoms. The summed E-state index contributed by atoms with van der Waals surface area (Å²) in [4.78, 5) is 0. The van der Waals surface area contributed by atoms with Crippen LogP contribution in [0.3, 0.4) is 0 Å². The molecule has 0 bridgehead atoms. The second kappa shape index (κ2) is 4.31. The third-order valence-electron chi connectivity index (χ3n) is 3.38. The van der Waals surface area contributed by atoms with Gasteiger partial charge < -0.3 is 0 Å². The van der Waals surface area contributed by atoms with Gasteiger partial charge in [0.05, 0.1) is 6.04 Å². The topological polar surface area (TPSA) is 21.9 Å². The highest BCUT2D eigenvalue weighted by Crippen LogP contribution is 2.32. The van der Waals surface area contributed by atoms with Crippen molar-refractivity contribution >= 4 is 8.07 Å². The minimum atomic E-state index is -1.16. The summed E-state index contributed by atoms with van der Waals surface area (Å²) in [5.41, 5.74) is 3.48. The highest BCUT2D eigenvalue weighted by atomic mass is 28.3. The smallest absolute Gasteiger partial charge is 0.129 e. The largest absolute Gasteiger partial charge is 0.297 e. The lowest BCUT2D eigenvalue weighted by Crippen LogP contribution is -2.17. The lowest BCUT2D eigenvalue weighted by atomic mass is 9.86. The molecule has 15 heavy (non-hydrogen) atoms. The normalized spacial score (nSPS) is 31.9. The van der Waals surface area contributed by atoms with Gasteiger partial charge in [0.25, 0.3) is 0 Å². The van der Waals surface area contributed by atoms with Crippen LogP contribution in [0.2, 0.25) is 19.6 Å². The molecule has 0 aromatic carbocycles. The van der Waals surface area contributed by atoms with Gasteiger partial charge in [0.1, 0.15) is 8.07 Å². The molecule has 0 radical (unpaired) electrons. The molecule has 2 aliphatic rings. The summed E-state index contributed by atoms with van der Waals surface area (Å²) >= 11 is 0. The van der Waals surface area contributed by atoms with Crippen LogP contribution in [0.15, 0.2) is 0 Å². The highest BCUT2D eigenvalue weighted by Gasteiger charge is 2.41. The van der Waals surface area contributed by atoms with E-state index in [2.05, 4.69) is 36.4 Å². The SMILES string of the molecule is C[Si](C)(C)C#C[C@H]1N[C@@H]1C1CCCCC1. The molecule has 84 valence electrons. The molecule has 0 amide bonds. The van der Waals surface area contributed by atoms with Gasteiger partial charge >= 0.3 is 0 Å². The van der Waals surface area contributed by atoms with Crippen LogP contribution in [0.4, 0.5) is 0 Å². The summed E-state index contributed by atoms with van der Waals surface area (Å²) in [6, 6.07) is 1.29. The van der Waals surface area contributed by atoms with E-state index in [0.29, 0.717) is 6.04 Å². The first-order valence-electron chi connectivity index (χ1n) is 6.35. The van der Waals surface area contributed by atoms with E-state index in [1.54, 1.807) is 0 Å². The molecule has 1 aliphatic carbocycles. The van der Waals surface area contributed by atoms with Gasteiger partial charge in [-0.3, -0.25) is 5.32 Å². The summed E-state index contributed by atoms with van der Waals surface area (Å²) in [5, 5.41) is 3.56. The van der Waals surface area contributed by atoms with Crippen molar-refractivity contribution in [3.05, 3.63) is 0 Å². The molecule has 0 unspecified atom stereocenters. The Bertz CT molecular complexity index is 275. The van der Waals surface area contributed by atoms with Gasteiger partial charge in [-0.25, -0.2) is 0 Å². The first kappa shape index (κ1) is 11.2. The molecule has 1 nitrogen and oxygen atoms in total. The van der Waals surface area contributed by atoms with Crippen molar-refractivity contribution in [3.63, 3.8) is 0 Å². The van der Waals surface area contributed by atoms with E-state index >= 15 is 0 Å². The number of hydrogen-bond acceptors (Lipinski definition) is 1. The quantitative estimate of drug-likeness (QED) is 0.410. The van der Waals surface area contributed by atoms with Crippen LogP contribution < -0.4 is 5.32 Å².